The van der Waals surface area contributed by atoms with Crippen LogP contribution in [0.1, 0.15) is 21.5 Å². The topological polar surface area (TPSA) is 72.4 Å². The zero-order chi connectivity index (χ0) is 19.9. The fraction of sp³-hybridized carbons (Fsp3) is 0.333. The van der Waals surface area contributed by atoms with Crippen LogP contribution in [0.25, 0.3) is 0 Å². The lowest BCUT2D eigenvalue weighted by Gasteiger charge is -2.29. The van der Waals surface area contributed by atoms with Gasteiger partial charge in [0.1, 0.15) is 11.5 Å². The Morgan fingerprint density at radius 3 is 2.57 bits per heavy atom. The van der Waals surface area contributed by atoms with Gasteiger partial charge in [0.2, 0.25) is 0 Å². The summed E-state index contributed by atoms with van der Waals surface area (Å²) in [6.45, 7) is 5.09. The summed E-state index contributed by atoms with van der Waals surface area (Å²) >= 11 is 0. The number of methoxy groups -OCH3 is 2. The Kier molecular flexibility index (Phi) is 6.49. The largest absolute Gasteiger partial charge is 0.496 e. The molecule has 0 aliphatic carbocycles. The molecule has 3 rings (SSSR count). The number of rotatable bonds is 6. The Balaban J connectivity index is 1.70. The molecule has 1 N–H and O–H groups in total. The summed E-state index contributed by atoms with van der Waals surface area (Å²) in [6.07, 6.45) is 1.57. The first-order valence-corrected chi connectivity index (χ1v) is 9.11. The van der Waals surface area contributed by atoms with Crippen molar-refractivity contribution in [3.63, 3.8) is 0 Å². The highest BCUT2D eigenvalue weighted by molar-refractivity contribution is 5.97. The van der Waals surface area contributed by atoms with E-state index in [9.17, 15) is 4.79 Å². The molecule has 2 aromatic rings. The summed E-state index contributed by atoms with van der Waals surface area (Å²) in [5.41, 5.74) is 5.83. The van der Waals surface area contributed by atoms with E-state index < -0.39 is 0 Å². The fourth-order valence-corrected chi connectivity index (χ4v) is 3.03. The first kappa shape index (κ1) is 19.7. The van der Waals surface area contributed by atoms with E-state index in [1.165, 1.54) is 7.11 Å². The lowest BCUT2D eigenvalue weighted by atomic mass is 10.1. The van der Waals surface area contributed by atoms with Gasteiger partial charge in [0, 0.05) is 30.4 Å². The Morgan fingerprint density at radius 2 is 1.86 bits per heavy atom. The second-order valence-corrected chi connectivity index (χ2v) is 6.43. The van der Waals surface area contributed by atoms with Crippen LogP contribution in [-0.4, -0.2) is 52.6 Å². The molecular weight excluding hydrogens is 358 g/mol. The molecule has 0 unspecified atom stereocenters. The minimum atomic E-state index is -0.336. The highest BCUT2D eigenvalue weighted by Gasteiger charge is 2.14. The van der Waals surface area contributed by atoms with Gasteiger partial charge in [0.25, 0.3) is 5.91 Å². The van der Waals surface area contributed by atoms with Crippen molar-refractivity contribution >= 4 is 17.8 Å². The van der Waals surface area contributed by atoms with E-state index in [2.05, 4.69) is 15.4 Å². The molecule has 0 saturated carbocycles. The van der Waals surface area contributed by atoms with Crippen molar-refractivity contribution in [3.8, 4) is 11.5 Å². The number of aryl methyl sites for hydroxylation is 1. The summed E-state index contributed by atoms with van der Waals surface area (Å²) in [5.74, 6) is 0.868. The maximum atomic E-state index is 12.4. The first-order chi connectivity index (χ1) is 13.6. The van der Waals surface area contributed by atoms with Crippen molar-refractivity contribution in [2.45, 2.75) is 6.92 Å². The number of nitrogens with one attached hydrogen (secondary N) is 1. The molecule has 1 aliphatic heterocycles. The average molecular weight is 383 g/mol. The predicted octanol–water partition coefficient (Wildman–Crippen LogP) is 2.61. The Labute approximate surface area is 164 Å². The van der Waals surface area contributed by atoms with Crippen LogP contribution in [0.15, 0.2) is 41.5 Å². The summed E-state index contributed by atoms with van der Waals surface area (Å²) in [6, 6.07) is 11.3. The lowest BCUT2D eigenvalue weighted by molar-refractivity contribution is 0.0952. The van der Waals surface area contributed by atoms with Gasteiger partial charge in [-0.15, -0.1) is 0 Å². The van der Waals surface area contributed by atoms with Gasteiger partial charge in [0.15, 0.2) is 0 Å². The van der Waals surface area contributed by atoms with Gasteiger partial charge >= 0.3 is 0 Å². The van der Waals surface area contributed by atoms with Crippen LogP contribution in [0.4, 0.5) is 5.69 Å². The first-order valence-electron chi connectivity index (χ1n) is 9.11. The number of hydrogen-bond acceptors (Lipinski definition) is 6. The molecule has 0 radical (unpaired) electrons. The maximum Gasteiger partial charge on any atom is 0.275 e. The van der Waals surface area contributed by atoms with Gasteiger partial charge in [-0.3, -0.25) is 4.79 Å². The normalized spacial score (nSPS) is 14.2. The van der Waals surface area contributed by atoms with Crippen LogP contribution >= 0.6 is 0 Å². The van der Waals surface area contributed by atoms with Gasteiger partial charge in [-0.25, -0.2) is 5.43 Å². The zero-order valence-electron chi connectivity index (χ0n) is 16.4. The van der Waals surface area contributed by atoms with Crippen LogP contribution < -0.4 is 19.8 Å². The van der Waals surface area contributed by atoms with Crippen molar-refractivity contribution < 1.29 is 19.0 Å². The van der Waals surface area contributed by atoms with E-state index in [1.807, 2.05) is 37.3 Å². The molecule has 1 amide bonds. The van der Waals surface area contributed by atoms with Crippen molar-refractivity contribution in [2.24, 2.45) is 5.10 Å². The number of morpholine rings is 1. The highest BCUT2D eigenvalue weighted by atomic mass is 16.5. The number of carbonyl (C=O) groups is 1. The third-order valence-corrected chi connectivity index (χ3v) is 4.56. The molecule has 2 aromatic carbocycles. The molecule has 0 bridgehead atoms. The second-order valence-electron chi connectivity index (χ2n) is 6.43. The van der Waals surface area contributed by atoms with Crippen molar-refractivity contribution in [3.05, 3.63) is 53.1 Å². The molecule has 148 valence electrons. The van der Waals surface area contributed by atoms with Crippen LogP contribution in [0.3, 0.4) is 0 Å². The van der Waals surface area contributed by atoms with Gasteiger partial charge in [0.05, 0.1) is 39.2 Å². The quantitative estimate of drug-likeness (QED) is 0.613. The number of ether oxygens (including phenoxy) is 3. The molecule has 7 heteroatoms. The molecule has 7 nitrogen and oxygen atoms in total. The highest BCUT2D eigenvalue weighted by Crippen LogP contribution is 2.25. The predicted molar refractivity (Wildman–Crippen MR) is 109 cm³/mol. The number of anilines is 1. The molecule has 1 saturated heterocycles. The van der Waals surface area contributed by atoms with E-state index in [4.69, 9.17) is 14.2 Å². The number of benzene rings is 2. The van der Waals surface area contributed by atoms with E-state index in [1.54, 1.807) is 19.4 Å². The van der Waals surface area contributed by atoms with E-state index in [0.29, 0.717) is 17.1 Å². The maximum absolute atomic E-state index is 12.4. The lowest BCUT2D eigenvalue weighted by Crippen LogP contribution is -2.36. The summed E-state index contributed by atoms with van der Waals surface area (Å²) in [7, 11) is 3.15. The van der Waals surface area contributed by atoms with Gasteiger partial charge < -0.3 is 19.1 Å². The SMILES string of the molecule is COc1cc(N2CCOCC2)ccc1/C=N\NC(=O)c1ccc(C)cc1OC. The third kappa shape index (κ3) is 4.61. The minimum Gasteiger partial charge on any atom is -0.496 e. The summed E-state index contributed by atoms with van der Waals surface area (Å²) in [5, 5.41) is 4.07. The van der Waals surface area contributed by atoms with E-state index in [-0.39, 0.29) is 5.91 Å². The molecular formula is C21H25N3O4. The van der Waals surface area contributed by atoms with Gasteiger partial charge in [-0.2, -0.15) is 5.10 Å². The van der Waals surface area contributed by atoms with Crippen LogP contribution in [-0.2, 0) is 4.74 Å². The molecule has 0 aromatic heterocycles. The zero-order valence-corrected chi connectivity index (χ0v) is 16.4. The van der Waals surface area contributed by atoms with E-state index >= 15 is 0 Å². The van der Waals surface area contributed by atoms with Crippen LogP contribution in [0, 0.1) is 6.92 Å². The number of hydrogen-bond donors (Lipinski definition) is 1. The number of nitrogens with zero attached hydrogens (tertiary/aromatic N) is 2. The Hall–Kier alpha value is -3.06. The molecule has 1 aliphatic rings. The average Bonchev–Trinajstić information content (AvgIpc) is 2.74. The molecule has 1 heterocycles. The molecule has 0 spiro atoms. The summed E-state index contributed by atoms with van der Waals surface area (Å²) in [4.78, 5) is 14.6. The van der Waals surface area contributed by atoms with Gasteiger partial charge in [-0.05, 0) is 36.8 Å². The molecule has 0 atom stereocenters. The van der Waals surface area contributed by atoms with E-state index in [0.717, 1.165) is 43.1 Å². The van der Waals surface area contributed by atoms with Crippen LogP contribution in [0.2, 0.25) is 0 Å². The Bertz CT molecular complexity index is 861. The summed E-state index contributed by atoms with van der Waals surface area (Å²) < 4.78 is 16.2. The number of amides is 1. The van der Waals surface area contributed by atoms with Crippen molar-refractivity contribution in [1.29, 1.82) is 0 Å². The van der Waals surface area contributed by atoms with Crippen molar-refractivity contribution in [2.75, 3.05) is 45.4 Å². The monoisotopic (exact) mass is 383 g/mol. The third-order valence-electron chi connectivity index (χ3n) is 4.56. The van der Waals surface area contributed by atoms with Gasteiger partial charge in [-0.1, -0.05) is 6.07 Å². The number of carbonyl (C=O) groups excluding carboxylic acids is 1. The second kappa shape index (κ2) is 9.23. The minimum absolute atomic E-state index is 0.336. The smallest absolute Gasteiger partial charge is 0.275 e. The van der Waals surface area contributed by atoms with Crippen LogP contribution in [0.5, 0.6) is 11.5 Å². The standard InChI is InChI=1S/C21H25N3O4/c1-15-4-7-18(20(12-15)27-3)21(25)23-22-14-16-5-6-17(13-19(16)26-2)24-8-10-28-11-9-24/h4-7,12-14H,8-11H2,1-3H3,(H,23,25)/b22-14-. The molecule has 1 fully saturated rings. The van der Waals surface area contributed by atoms with Crippen molar-refractivity contribution in [1.82, 2.24) is 5.43 Å². The fourth-order valence-electron chi connectivity index (χ4n) is 3.03. The molecule has 28 heavy (non-hydrogen) atoms. The number of hydrazone groups is 1. The Morgan fingerprint density at radius 1 is 1.11 bits per heavy atom.